The number of benzene rings is 2. The van der Waals surface area contributed by atoms with Crippen LogP contribution in [-0.2, 0) is 4.74 Å². The molecule has 2 aromatic heterocycles. The fourth-order valence-electron chi connectivity index (χ4n) is 4.07. The first kappa shape index (κ1) is 21.4. The number of fused-ring (bicyclic) bond motifs is 1. The molecule has 1 saturated heterocycles. The Morgan fingerprint density at radius 3 is 2.70 bits per heavy atom. The van der Waals surface area contributed by atoms with Crippen LogP contribution in [0.2, 0.25) is 0 Å². The zero-order chi connectivity index (χ0) is 22.6. The highest BCUT2D eigenvalue weighted by Crippen LogP contribution is 2.34. The van der Waals surface area contributed by atoms with E-state index in [2.05, 4.69) is 19.9 Å². The number of rotatable bonds is 6. The lowest BCUT2D eigenvalue weighted by atomic mass is 9.97. The molecule has 168 valence electrons. The van der Waals surface area contributed by atoms with E-state index < -0.39 is 0 Å². The molecule has 0 N–H and O–H groups in total. The van der Waals surface area contributed by atoms with Gasteiger partial charge in [-0.05, 0) is 54.4 Å². The summed E-state index contributed by atoms with van der Waals surface area (Å²) in [6, 6.07) is 15.0. The summed E-state index contributed by atoms with van der Waals surface area (Å²) < 4.78 is 25.3. The number of hydrogen-bond donors (Lipinski definition) is 0. The third-order valence-corrected chi connectivity index (χ3v) is 5.90. The van der Waals surface area contributed by atoms with Gasteiger partial charge in [-0.15, -0.1) is 0 Å². The van der Waals surface area contributed by atoms with E-state index in [0.717, 1.165) is 66.1 Å². The smallest absolute Gasteiger partial charge is 0.224 e. The Balaban J connectivity index is 1.46. The molecule has 1 aliphatic heterocycles. The van der Waals surface area contributed by atoms with Gasteiger partial charge in [-0.25, -0.2) is 14.4 Å². The lowest BCUT2D eigenvalue weighted by Crippen LogP contribution is -2.38. The van der Waals surface area contributed by atoms with Crippen LogP contribution in [0.5, 0.6) is 5.88 Å². The van der Waals surface area contributed by atoms with Crippen LogP contribution in [0.1, 0.15) is 5.56 Å². The van der Waals surface area contributed by atoms with Crippen molar-refractivity contribution in [1.29, 1.82) is 0 Å². The Morgan fingerprint density at radius 2 is 1.85 bits per heavy atom. The van der Waals surface area contributed by atoms with Crippen LogP contribution in [0.25, 0.3) is 33.3 Å². The molecule has 0 bridgehead atoms. The van der Waals surface area contributed by atoms with E-state index in [1.807, 2.05) is 36.4 Å². The number of aromatic nitrogens is 3. The molecule has 0 radical (unpaired) electrons. The van der Waals surface area contributed by atoms with Gasteiger partial charge >= 0.3 is 0 Å². The van der Waals surface area contributed by atoms with E-state index in [1.54, 1.807) is 19.2 Å². The number of morpholine rings is 1. The Bertz CT molecular complexity index is 1270. The summed E-state index contributed by atoms with van der Waals surface area (Å²) >= 11 is 0. The van der Waals surface area contributed by atoms with Crippen molar-refractivity contribution in [3.05, 3.63) is 72.4 Å². The van der Waals surface area contributed by atoms with Gasteiger partial charge in [-0.2, -0.15) is 0 Å². The van der Waals surface area contributed by atoms with Crippen LogP contribution in [0.3, 0.4) is 0 Å². The van der Waals surface area contributed by atoms with Gasteiger partial charge in [-0.1, -0.05) is 12.1 Å². The van der Waals surface area contributed by atoms with Gasteiger partial charge in [0.05, 0.1) is 29.8 Å². The Kier molecular flexibility index (Phi) is 6.24. The highest BCUT2D eigenvalue weighted by atomic mass is 19.1. The van der Waals surface area contributed by atoms with Crippen LogP contribution in [0, 0.1) is 12.7 Å². The average Bonchev–Trinajstić information content (AvgIpc) is 2.86. The molecule has 2 aromatic carbocycles. The third kappa shape index (κ3) is 4.69. The molecule has 0 unspecified atom stereocenters. The SMILES string of the molecule is Cc1cc(-c2ncccc2-c2ccc3ncnc(OCCN4CCOCC4)c3c2)ccc1F. The zero-order valence-corrected chi connectivity index (χ0v) is 18.5. The van der Waals surface area contributed by atoms with Crippen LogP contribution >= 0.6 is 0 Å². The predicted octanol–water partition coefficient (Wildman–Crippen LogP) is 4.52. The number of aryl methyl sites for hydroxylation is 1. The normalized spacial score (nSPS) is 14.5. The van der Waals surface area contributed by atoms with E-state index in [4.69, 9.17) is 9.47 Å². The fourth-order valence-corrected chi connectivity index (χ4v) is 4.07. The van der Waals surface area contributed by atoms with Crippen LogP contribution in [0.15, 0.2) is 61.1 Å². The van der Waals surface area contributed by atoms with Gasteiger partial charge in [0.25, 0.3) is 0 Å². The van der Waals surface area contributed by atoms with Crippen LogP contribution < -0.4 is 4.74 Å². The van der Waals surface area contributed by atoms with Gasteiger partial charge in [0.1, 0.15) is 18.8 Å². The molecule has 0 spiro atoms. The molecule has 0 atom stereocenters. The molecule has 1 fully saturated rings. The van der Waals surface area contributed by atoms with Gasteiger partial charge < -0.3 is 9.47 Å². The highest BCUT2D eigenvalue weighted by Gasteiger charge is 2.14. The van der Waals surface area contributed by atoms with E-state index >= 15 is 0 Å². The summed E-state index contributed by atoms with van der Waals surface area (Å²) in [6.45, 7) is 6.50. The maximum atomic E-state index is 13.8. The number of ether oxygens (including phenoxy) is 2. The van der Waals surface area contributed by atoms with Crippen molar-refractivity contribution >= 4 is 10.9 Å². The predicted molar refractivity (Wildman–Crippen MR) is 126 cm³/mol. The van der Waals surface area contributed by atoms with Crippen molar-refractivity contribution in [1.82, 2.24) is 19.9 Å². The standard InChI is InChI=1S/C26H25FN4O2/c1-18-15-20(4-6-23(18)27)25-21(3-2-8-28-25)19-5-7-24-22(16-19)26(30-17-29-24)33-14-11-31-9-12-32-13-10-31/h2-8,15-17H,9-14H2,1H3. The summed E-state index contributed by atoms with van der Waals surface area (Å²) in [4.78, 5) is 15.7. The van der Waals surface area contributed by atoms with Crippen LogP contribution in [0.4, 0.5) is 4.39 Å². The molecule has 1 aliphatic rings. The van der Waals surface area contributed by atoms with Gasteiger partial charge in [0.2, 0.25) is 5.88 Å². The molecular formula is C26H25FN4O2. The monoisotopic (exact) mass is 444 g/mol. The maximum Gasteiger partial charge on any atom is 0.224 e. The number of hydrogen-bond acceptors (Lipinski definition) is 6. The van der Waals surface area contributed by atoms with E-state index in [-0.39, 0.29) is 5.82 Å². The van der Waals surface area contributed by atoms with Crippen molar-refractivity contribution in [2.24, 2.45) is 0 Å². The van der Waals surface area contributed by atoms with Crippen molar-refractivity contribution in [2.45, 2.75) is 6.92 Å². The fraction of sp³-hybridized carbons (Fsp3) is 0.269. The van der Waals surface area contributed by atoms with E-state index in [9.17, 15) is 4.39 Å². The summed E-state index contributed by atoms with van der Waals surface area (Å²) in [6.07, 6.45) is 3.28. The first-order valence-electron chi connectivity index (χ1n) is 11.1. The van der Waals surface area contributed by atoms with Crippen LogP contribution in [-0.4, -0.2) is 59.3 Å². The van der Waals surface area contributed by atoms with Crippen molar-refractivity contribution in [2.75, 3.05) is 39.5 Å². The molecule has 7 heteroatoms. The summed E-state index contributed by atoms with van der Waals surface area (Å²) in [5.74, 6) is 0.344. The summed E-state index contributed by atoms with van der Waals surface area (Å²) in [5, 5.41) is 0.849. The maximum absolute atomic E-state index is 13.8. The molecule has 0 saturated carbocycles. The Labute approximate surface area is 192 Å². The van der Waals surface area contributed by atoms with Gasteiger partial charge in [0.15, 0.2) is 0 Å². The molecule has 33 heavy (non-hydrogen) atoms. The molecule has 5 rings (SSSR count). The second kappa shape index (κ2) is 9.60. The molecular weight excluding hydrogens is 419 g/mol. The minimum absolute atomic E-state index is 0.224. The second-order valence-corrected chi connectivity index (χ2v) is 8.08. The quantitative estimate of drug-likeness (QED) is 0.436. The van der Waals surface area contributed by atoms with E-state index in [1.165, 1.54) is 12.4 Å². The van der Waals surface area contributed by atoms with Crippen molar-refractivity contribution in [3.8, 4) is 28.3 Å². The highest BCUT2D eigenvalue weighted by molar-refractivity contribution is 5.91. The minimum Gasteiger partial charge on any atom is -0.476 e. The van der Waals surface area contributed by atoms with Gasteiger partial charge in [-0.3, -0.25) is 9.88 Å². The molecule has 4 aromatic rings. The largest absolute Gasteiger partial charge is 0.476 e. The first-order valence-corrected chi connectivity index (χ1v) is 11.1. The van der Waals surface area contributed by atoms with Crippen molar-refractivity contribution in [3.63, 3.8) is 0 Å². The molecule has 0 aliphatic carbocycles. The van der Waals surface area contributed by atoms with Crippen molar-refractivity contribution < 1.29 is 13.9 Å². The average molecular weight is 445 g/mol. The molecule has 0 amide bonds. The number of pyridine rings is 1. The first-order chi connectivity index (χ1) is 16.2. The number of nitrogens with zero attached hydrogens (tertiary/aromatic N) is 4. The second-order valence-electron chi connectivity index (χ2n) is 8.08. The lowest BCUT2D eigenvalue weighted by molar-refractivity contribution is 0.0321. The molecule has 6 nitrogen and oxygen atoms in total. The Hall–Kier alpha value is -3.42. The minimum atomic E-state index is -0.224. The Morgan fingerprint density at radius 1 is 1.00 bits per heavy atom. The zero-order valence-electron chi connectivity index (χ0n) is 18.5. The van der Waals surface area contributed by atoms with Gasteiger partial charge in [0, 0.05) is 37.0 Å². The number of halogens is 1. The third-order valence-electron chi connectivity index (χ3n) is 5.90. The topological polar surface area (TPSA) is 60.4 Å². The summed E-state index contributed by atoms with van der Waals surface area (Å²) in [5.41, 5.74) is 5.00. The lowest BCUT2D eigenvalue weighted by Gasteiger charge is -2.26. The summed E-state index contributed by atoms with van der Waals surface area (Å²) in [7, 11) is 0. The van der Waals surface area contributed by atoms with E-state index in [0.29, 0.717) is 18.1 Å². The molecule has 3 heterocycles.